The third-order valence-electron chi connectivity index (χ3n) is 2.65. The largest absolute Gasteiger partial charge is 0.159 e. The van der Waals surface area contributed by atoms with E-state index in [0.717, 1.165) is 17.1 Å². The van der Waals surface area contributed by atoms with Gasteiger partial charge >= 0.3 is 0 Å². The minimum atomic E-state index is 0.903. The van der Waals surface area contributed by atoms with Gasteiger partial charge in [-0.2, -0.15) is 11.8 Å². The quantitative estimate of drug-likeness (QED) is 0.522. The fraction of sp³-hybridized carbons (Fsp3) is 1.00. The third kappa shape index (κ3) is 2.19. The van der Waals surface area contributed by atoms with Gasteiger partial charge < -0.3 is 0 Å². The van der Waals surface area contributed by atoms with Gasteiger partial charge in [0.15, 0.2) is 0 Å². The summed E-state index contributed by atoms with van der Waals surface area (Å²) in [6.45, 7) is 7.15. The van der Waals surface area contributed by atoms with Gasteiger partial charge in [-0.05, 0) is 30.4 Å². The monoisotopic (exact) mass is 158 g/mol. The van der Waals surface area contributed by atoms with Crippen molar-refractivity contribution in [3.05, 3.63) is 0 Å². The van der Waals surface area contributed by atoms with Crippen LogP contribution in [0.4, 0.5) is 0 Å². The molecule has 0 nitrogen and oxygen atoms in total. The van der Waals surface area contributed by atoms with Crippen LogP contribution in [0.25, 0.3) is 0 Å². The minimum absolute atomic E-state index is 0.903. The van der Waals surface area contributed by atoms with E-state index in [1.165, 1.54) is 18.6 Å². The first-order valence-electron chi connectivity index (χ1n) is 4.31. The summed E-state index contributed by atoms with van der Waals surface area (Å²) in [7, 11) is 0. The van der Waals surface area contributed by atoms with Crippen LogP contribution in [0.3, 0.4) is 0 Å². The lowest BCUT2D eigenvalue weighted by Crippen LogP contribution is -2.08. The lowest BCUT2D eigenvalue weighted by atomic mass is 9.90. The van der Waals surface area contributed by atoms with Crippen LogP contribution in [-0.2, 0) is 0 Å². The molecular weight excluding hydrogens is 140 g/mol. The Bertz CT molecular complexity index is 101. The molecule has 0 aromatic rings. The van der Waals surface area contributed by atoms with E-state index in [0.29, 0.717) is 0 Å². The van der Waals surface area contributed by atoms with Crippen LogP contribution in [0.2, 0.25) is 0 Å². The highest BCUT2D eigenvalue weighted by atomic mass is 32.2. The van der Waals surface area contributed by atoms with Gasteiger partial charge in [0, 0.05) is 5.25 Å². The summed E-state index contributed by atoms with van der Waals surface area (Å²) in [6, 6.07) is 0. The summed E-state index contributed by atoms with van der Waals surface area (Å²) < 4.78 is 0. The molecule has 0 radical (unpaired) electrons. The average molecular weight is 158 g/mol. The zero-order chi connectivity index (χ0) is 7.56. The van der Waals surface area contributed by atoms with Crippen molar-refractivity contribution in [1.29, 1.82) is 0 Å². The topological polar surface area (TPSA) is 0 Å². The van der Waals surface area contributed by atoms with Gasteiger partial charge in [0.05, 0.1) is 0 Å². The Labute approximate surface area is 68.8 Å². The molecule has 0 saturated carbocycles. The third-order valence-corrected chi connectivity index (χ3v) is 3.88. The van der Waals surface area contributed by atoms with Gasteiger partial charge in [-0.1, -0.05) is 20.8 Å². The minimum Gasteiger partial charge on any atom is -0.159 e. The molecule has 3 atom stereocenters. The van der Waals surface area contributed by atoms with Crippen molar-refractivity contribution < 1.29 is 0 Å². The van der Waals surface area contributed by atoms with Crippen LogP contribution in [0.5, 0.6) is 0 Å². The summed E-state index contributed by atoms with van der Waals surface area (Å²) in [4.78, 5) is 0. The van der Waals surface area contributed by atoms with Gasteiger partial charge in [-0.15, -0.1) is 0 Å². The van der Waals surface area contributed by atoms with Crippen LogP contribution in [-0.4, -0.2) is 11.0 Å². The normalized spacial score (nSPS) is 42.9. The zero-order valence-corrected chi connectivity index (χ0v) is 8.08. The van der Waals surface area contributed by atoms with Crippen LogP contribution < -0.4 is 0 Å². The fourth-order valence-corrected chi connectivity index (χ4v) is 2.91. The van der Waals surface area contributed by atoms with Gasteiger partial charge in [0.1, 0.15) is 0 Å². The Morgan fingerprint density at radius 3 is 2.50 bits per heavy atom. The molecule has 0 spiro atoms. The molecule has 1 aliphatic rings. The SMILES string of the molecule is CC1CC(C)C(C)CCS1. The van der Waals surface area contributed by atoms with Gasteiger partial charge in [0.2, 0.25) is 0 Å². The van der Waals surface area contributed by atoms with E-state index in [4.69, 9.17) is 0 Å². The van der Waals surface area contributed by atoms with Crippen molar-refractivity contribution in [2.45, 2.75) is 38.9 Å². The van der Waals surface area contributed by atoms with Gasteiger partial charge in [-0.3, -0.25) is 0 Å². The summed E-state index contributed by atoms with van der Waals surface area (Å²) >= 11 is 2.15. The lowest BCUT2D eigenvalue weighted by molar-refractivity contribution is 0.365. The highest BCUT2D eigenvalue weighted by Gasteiger charge is 2.19. The lowest BCUT2D eigenvalue weighted by Gasteiger charge is -2.16. The standard InChI is InChI=1S/C9H18S/c1-7-4-5-10-9(3)6-8(7)2/h7-9H,4-6H2,1-3H3. The fourth-order valence-electron chi connectivity index (χ4n) is 1.56. The second-order valence-corrected chi connectivity index (χ2v) is 5.21. The van der Waals surface area contributed by atoms with E-state index in [2.05, 4.69) is 32.5 Å². The van der Waals surface area contributed by atoms with Crippen LogP contribution in [0.1, 0.15) is 33.6 Å². The summed E-state index contributed by atoms with van der Waals surface area (Å²) in [6.07, 6.45) is 2.85. The van der Waals surface area contributed by atoms with Crippen LogP contribution >= 0.6 is 11.8 Å². The zero-order valence-electron chi connectivity index (χ0n) is 7.26. The number of rotatable bonds is 0. The molecule has 1 fully saturated rings. The smallest absolute Gasteiger partial charge is 0.00213 e. The molecule has 60 valence electrons. The van der Waals surface area contributed by atoms with Crippen molar-refractivity contribution in [3.63, 3.8) is 0 Å². The first kappa shape index (κ1) is 8.45. The Hall–Kier alpha value is 0.350. The number of thioether (sulfide) groups is 1. The Morgan fingerprint density at radius 2 is 1.80 bits per heavy atom. The molecule has 0 aromatic heterocycles. The van der Waals surface area contributed by atoms with Gasteiger partial charge in [-0.25, -0.2) is 0 Å². The molecule has 1 rings (SSSR count). The number of hydrogen-bond donors (Lipinski definition) is 0. The summed E-state index contributed by atoms with van der Waals surface area (Å²) in [5.74, 6) is 3.29. The second kappa shape index (κ2) is 3.66. The maximum atomic E-state index is 2.40. The summed E-state index contributed by atoms with van der Waals surface area (Å²) in [5, 5.41) is 0.903. The molecule has 0 bridgehead atoms. The first-order chi connectivity index (χ1) is 4.70. The Balaban J connectivity index is 2.41. The molecule has 10 heavy (non-hydrogen) atoms. The van der Waals surface area contributed by atoms with Crippen LogP contribution in [0, 0.1) is 11.8 Å². The summed E-state index contributed by atoms with van der Waals surface area (Å²) in [5.41, 5.74) is 0. The van der Waals surface area contributed by atoms with Gasteiger partial charge in [0.25, 0.3) is 0 Å². The van der Waals surface area contributed by atoms with E-state index in [1.807, 2.05) is 0 Å². The predicted molar refractivity (Wildman–Crippen MR) is 49.5 cm³/mol. The maximum Gasteiger partial charge on any atom is 0.00213 e. The van der Waals surface area contributed by atoms with Crippen molar-refractivity contribution in [1.82, 2.24) is 0 Å². The molecule has 0 aliphatic carbocycles. The van der Waals surface area contributed by atoms with E-state index in [1.54, 1.807) is 0 Å². The molecular formula is C9H18S. The Kier molecular flexibility index (Phi) is 3.09. The molecule has 0 amide bonds. The van der Waals surface area contributed by atoms with Crippen molar-refractivity contribution >= 4 is 11.8 Å². The highest BCUT2D eigenvalue weighted by molar-refractivity contribution is 7.99. The molecule has 0 aromatic carbocycles. The average Bonchev–Trinajstić information content (AvgIpc) is 1.96. The maximum absolute atomic E-state index is 2.40. The van der Waals surface area contributed by atoms with Crippen molar-refractivity contribution in [2.75, 3.05) is 5.75 Å². The molecule has 3 unspecified atom stereocenters. The van der Waals surface area contributed by atoms with E-state index >= 15 is 0 Å². The van der Waals surface area contributed by atoms with E-state index in [9.17, 15) is 0 Å². The Morgan fingerprint density at radius 1 is 1.10 bits per heavy atom. The first-order valence-corrected chi connectivity index (χ1v) is 5.36. The molecule has 1 heteroatoms. The highest BCUT2D eigenvalue weighted by Crippen LogP contribution is 2.31. The van der Waals surface area contributed by atoms with Crippen molar-refractivity contribution in [2.24, 2.45) is 11.8 Å². The predicted octanol–water partition coefficient (Wildman–Crippen LogP) is 3.17. The van der Waals surface area contributed by atoms with Crippen molar-refractivity contribution in [3.8, 4) is 0 Å². The molecule has 1 aliphatic heterocycles. The van der Waals surface area contributed by atoms with E-state index < -0.39 is 0 Å². The van der Waals surface area contributed by atoms with E-state index in [-0.39, 0.29) is 0 Å². The van der Waals surface area contributed by atoms with Crippen LogP contribution in [0.15, 0.2) is 0 Å². The molecule has 1 heterocycles. The molecule has 0 N–H and O–H groups in total. The molecule has 1 saturated heterocycles. The second-order valence-electron chi connectivity index (χ2n) is 3.66. The number of hydrogen-bond acceptors (Lipinski definition) is 1.